The van der Waals surface area contributed by atoms with Crippen molar-refractivity contribution in [3.63, 3.8) is 0 Å². The zero-order valence-electron chi connectivity index (χ0n) is 75.3. The largest absolute Gasteiger partial charge is 0.508 e. The van der Waals surface area contributed by atoms with Crippen LogP contribution in [-0.4, -0.2) is 307 Å². The molecule has 3 aliphatic heterocycles. The molecule has 42 heteroatoms. The highest BCUT2D eigenvalue weighted by atomic mass is 32.2. The summed E-state index contributed by atoms with van der Waals surface area (Å²) in [6, 6.07) is 0.168. The van der Waals surface area contributed by atoms with Gasteiger partial charge in [0.1, 0.15) is 78.3 Å². The number of aromatic amines is 2. The molecule has 14 atom stereocenters. The predicted octanol–water partition coefficient (Wildman–Crippen LogP) is -1.22. The molecule has 41 nitrogen and oxygen atoms in total. The van der Waals surface area contributed by atoms with Crippen molar-refractivity contribution in [1.82, 2.24) is 87.6 Å². The highest BCUT2D eigenvalue weighted by molar-refractivity contribution is 8.00. The van der Waals surface area contributed by atoms with Crippen LogP contribution in [0.2, 0.25) is 0 Å². The van der Waals surface area contributed by atoms with Gasteiger partial charge >= 0.3 is 5.97 Å². The molecule has 8 rings (SSSR count). The van der Waals surface area contributed by atoms with Gasteiger partial charge in [-0.15, -0.1) is 11.8 Å². The van der Waals surface area contributed by atoms with Crippen LogP contribution in [0.25, 0.3) is 21.8 Å². The first kappa shape index (κ1) is 104. The number of primary amides is 1. The fraction of sp³-hybridized carbons (Fsp3) is 0.551. The second kappa shape index (κ2) is 49.9. The quantitative estimate of drug-likeness (QED) is 0.0185. The highest BCUT2D eigenvalue weighted by Gasteiger charge is 2.46. The number of Topliss-reactive ketones (excluding diaryl/α,β-unsaturated/α-hetero) is 1. The molecule has 0 unspecified atom stereocenters. The number of carbonyl (C=O) groups excluding carboxylic acids is 16. The molecule has 0 aliphatic carbocycles. The molecule has 15 amide bonds. The molecular weight excluding hydrogens is 1720 g/mol. The van der Waals surface area contributed by atoms with Crippen LogP contribution < -0.4 is 70.4 Å². The normalized spacial score (nSPS) is 24.6. The monoisotopic (exact) mass is 1840 g/mol. The Morgan fingerprint density at radius 1 is 0.557 bits per heavy atom. The number of hydrogen-bond acceptors (Lipinski definition) is 22. The van der Waals surface area contributed by atoms with Crippen molar-refractivity contribution in [2.45, 2.75) is 229 Å². The Balaban J connectivity index is 1.18. The van der Waals surface area contributed by atoms with E-state index in [-0.39, 0.29) is 102 Å². The highest BCUT2D eigenvalue weighted by Crippen LogP contribution is 2.30. The Kier molecular flexibility index (Phi) is 39.5. The van der Waals surface area contributed by atoms with Crippen molar-refractivity contribution in [2.24, 2.45) is 29.0 Å². The summed E-state index contributed by atoms with van der Waals surface area (Å²) in [5.41, 5.74) is 20.1. The lowest BCUT2D eigenvalue weighted by Gasteiger charge is -2.36. The van der Waals surface area contributed by atoms with Gasteiger partial charge in [-0.2, -0.15) is 0 Å². The van der Waals surface area contributed by atoms with Crippen LogP contribution in [0.4, 0.5) is 0 Å². The average Bonchev–Trinajstić information content (AvgIpc) is 1.56. The number of aliphatic hydroxyl groups is 1. The van der Waals surface area contributed by atoms with Gasteiger partial charge < -0.3 is 120 Å². The van der Waals surface area contributed by atoms with Crippen LogP contribution in [0.5, 0.6) is 5.75 Å². The maximum absolute atomic E-state index is 15.7. The Hall–Kier alpha value is -12.7. The number of ketones is 1. The third-order valence-electron chi connectivity index (χ3n) is 23.8. The number of fused-ring (bicyclic) bond motifs is 4. The topological polar surface area (TPSA) is 621 Å². The predicted molar refractivity (Wildman–Crippen MR) is 485 cm³/mol. The van der Waals surface area contributed by atoms with E-state index in [1.165, 1.54) is 57.2 Å². The van der Waals surface area contributed by atoms with Crippen LogP contribution in [0.3, 0.4) is 0 Å². The summed E-state index contributed by atoms with van der Waals surface area (Å²) in [6.07, 6.45) is 3.18. The fourth-order valence-corrected chi connectivity index (χ4v) is 17.3. The number of aliphatic carboxylic acids is 1. The number of likely N-dealkylation sites (N-methyl/N-ethyl adjacent to an activating group) is 3. The van der Waals surface area contributed by atoms with Gasteiger partial charge in [-0.3, -0.25) is 86.9 Å². The van der Waals surface area contributed by atoms with E-state index in [0.717, 1.165) is 31.4 Å². The van der Waals surface area contributed by atoms with Crippen molar-refractivity contribution in [3.8, 4) is 5.75 Å². The van der Waals surface area contributed by atoms with Crippen molar-refractivity contribution >= 4 is 140 Å². The number of carbonyl (C=O) groups is 17. The van der Waals surface area contributed by atoms with Crippen molar-refractivity contribution in [1.29, 1.82) is 5.41 Å². The van der Waals surface area contributed by atoms with Crippen molar-refractivity contribution in [2.75, 3.05) is 72.0 Å². The smallest absolute Gasteiger partial charge is 0.305 e. The number of unbranched alkanes of at least 4 members (excludes halogenated alkanes) is 2. The van der Waals surface area contributed by atoms with Gasteiger partial charge in [0.15, 0.2) is 11.7 Å². The maximum Gasteiger partial charge on any atom is 0.305 e. The van der Waals surface area contributed by atoms with Gasteiger partial charge in [0.2, 0.25) is 88.6 Å². The number of aliphatic hydroxyl groups excluding tert-OH is 1. The molecule has 5 aromatic rings. The lowest BCUT2D eigenvalue weighted by molar-refractivity contribution is -0.149. The molecule has 714 valence electrons. The lowest BCUT2D eigenvalue weighted by atomic mass is 9.90. The number of para-hydroxylation sites is 2. The number of benzene rings is 3. The van der Waals surface area contributed by atoms with Gasteiger partial charge in [0, 0.05) is 112 Å². The van der Waals surface area contributed by atoms with E-state index in [1.54, 1.807) is 74.8 Å². The second-order valence-electron chi connectivity index (χ2n) is 34.0. The molecule has 0 radical (unpaired) electrons. The Morgan fingerprint density at radius 2 is 1.08 bits per heavy atom. The fourth-order valence-electron chi connectivity index (χ4n) is 16.5. The Labute approximate surface area is 763 Å². The first-order valence-corrected chi connectivity index (χ1v) is 45.5. The number of aromatic hydroxyl groups is 1. The van der Waals surface area contributed by atoms with Crippen molar-refractivity contribution < 1.29 is 96.8 Å². The van der Waals surface area contributed by atoms with Crippen LogP contribution in [0.15, 0.2) is 85.2 Å². The number of amides is 15. The number of nitrogens with zero attached hydrogens (tertiary/aromatic N) is 5. The molecule has 2 aromatic heterocycles. The molecule has 0 bridgehead atoms. The first-order valence-electron chi connectivity index (χ1n) is 44.4. The summed E-state index contributed by atoms with van der Waals surface area (Å²) in [4.78, 5) is 260. The van der Waals surface area contributed by atoms with Crippen LogP contribution in [0.1, 0.15) is 148 Å². The minimum atomic E-state index is -1.88. The number of nitrogens with two attached hydrogens (primary N) is 3. The van der Waals surface area contributed by atoms with Crippen LogP contribution in [-0.2, 0) is 101 Å². The Bertz CT molecular complexity index is 4910. The second-order valence-corrected chi connectivity index (χ2v) is 35.0. The zero-order valence-corrected chi connectivity index (χ0v) is 76.1. The number of thioether (sulfide) groups is 1. The maximum atomic E-state index is 15.7. The minimum Gasteiger partial charge on any atom is -0.508 e. The van der Waals surface area contributed by atoms with Gasteiger partial charge in [0.05, 0.1) is 31.4 Å². The SMILES string of the molecule is CCCC[C@H]1C(=O)N(C)[C@@H](CCCC)C(=O)N[C@@H](CCCNC(=N)N)C(=O)N[C@H](C(=O)NCC(N)=O)CSCC(=O)N[C@@H](Cc2ccc(O)cc2)C(=O)N(C)[C@@H](C)C(=O)N[C@@H](CC(=O)O)C(=O)N2CCC[C@H]2C(=O)N[C@@H](CN)C(=O)N[C@@H](CC(C)C)C(=O)N2CCC[C@H]2C(=O)C[C@@H](Cc2c[nH]c3ccccc23)C(=O)N[C@@H](CO)C(=O)N[C@@H](Cc2c[nH]c3ccccc23)C(=O)N1C. The summed E-state index contributed by atoms with van der Waals surface area (Å²) >= 11 is 0.757. The van der Waals surface area contributed by atoms with E-state index >= 15 is 33.6 Å². The molecule has 22 N–H and O–H groups in total. The summed E-state index contributed by atoms with van der Waals surface area (Å²) in [5, 5.41) is 66.9. The number of phenols is 1. The molecular formula is C89H127N21O20S. The molecule has 5 heterocycles. The summed E-state index contributed by atoms with van der Waals surface area (Å²) in [7, 11) is 3.91. The molecule has 0 saturated carbocycles. The minimum absolute atomic E-state index is 0.00444. The first-order chi connectivity index (χ1) is 62.4. The number of H-pyrrole nitrogens is 2. The van der Waals surface area contributed by atoms with Gasteiger partial charge in [-0.05, 0) is 118 Å². The van der Waals surface area contributed by atoms with E-state index in [0.29, 0.717) is 70.6 Å². The summed E-state index contributed by atoms with van der Waals surface area (Å²) in [6.45, 7) is 6.06. The number of guanidine groups is 1. The molecule has 0 spiro atoms. The van der Waals surface area contributed by atoms with Gasteiger partial charge in [-0.25, -0.2) is 0 Å². The number of nitrogens with one attached hydrogen (secondary N) is 13. The third kappa shape index (κ3) is 29.1. The molecule has 3 aromatic carbocycles. The molecule has 3 aliphatic rings. The van der Waals surface area contributed by atoms with Gasteiger partial charge in [0.25, 0.3) is 0 Å². The number of hydrogen-bond donors (Lipinski definition) is 19. The molecule has 3 fully saturated rings. The summed E-state index contributed by atoms with van der Waals surface area (Å²) in [5.74, 6) is -19.0. The average molecular weight is 1840 g/mol. The lowest BCUT2D eigenvalue weighted by Crippen LogP contribution is -2.61. The van der Waals surface area contributed by atoms with E-state index < -0.39 is 235 Å². The van der Waals surface area contributed by atoms with Crippen LogP contribution >= 0.6 is 11.8 Å². The number of carboxylic acid groups (broad SMARTS) is 1. The van der Waals surface area contributed by atoms with E-state index in [9.17, 15) is 63.3 Å². The standard InChI is InChI=1S/C89H127N21O20S/c1-9-11-25-69-82(124)99-60(24-17-33-94-89(92)93)79(121)105-67(78(120)97-45-73(91)114)47-131-48-74(115)98-62(37-51-29-31-55(112)32-30-51)84(126)106(6)50(5)76(118)100-64(41-75(116)117)87(129)110-35-19-28-70(110)83(125)103-65(42-90)80(122)101-61(36-49(3)4)86(128)109-34-18-27-68(109)72(113)40-52(38-53-43-95-58-22-15-13-20-56(53)58)77(119)104-66(46-111)81(123)102-63(39-54-44-96-59-23-16-14-21-57(54)59)85(127)108(8)71(26-12-10-2)88(130)107(69)7/h13-16,20-23,29-32,43-44,49-50,52,60-71,95-96,111-112H,9-12,17-19,24-28,33-42,45-48,90H2,1-8H3,(H2,91,114)(H,97,120)(H,98,115)(H,99,124)(H,100,118)(H,101,122)(H,102,123)(H,103,125)(H,104,119)(H,105,121)(H,116,117)(H4,92,93,94)/t50-,52+,60-,61-,62-,63-,64-,65-,66-,67-,68-,69-,70-,71-/m0/s1. The molecule has 131 heavy (non-hydrogen) atoms. The van der Waals surface area contributed by atoms with Crippen LogP contribution in [0, 0.1) is 17.2 Å². The Morgan fingerprint density at radius 3 is 1.68 bits per heavy atom. The third-order valence-corrected chi connectivity index (χ3v) is 24.9. The number of aromatic nitrogens is 2. The number of phenolic OH excluding ortho intramolecular Hbond substituents is 1. The zero-order chi connectivity index (χ0) is 96.0. The van der Waals surface area contributed by atoms with E-state index in [1.807, 2.05) is 13.8 Å². The van der Waals surface area contributed by atoms with E-state index in [4.69, 9.17) is 22.6 Å². The summed E-state index contributed by atoms with van der Waals surface area (Å²) < 4.78 is 0. The van der Waals surface area contributed by atoms with Crippen molar-refractivity contribution in [3.05, 3.63) is 102 Å². The number of carboxylic acids is 1. The molecule has 3 saturated heterocycles. The van der Waals surface area contributed by atoms with E-state index in [2.05, 4.69) is 63.1 Å². The van der Waals surface area contributed by atoms with Gasteiger partial charge in [-0.1, -0.05) is 102 Å². The number of rotatable bonds is 25.